The zero-order chi connectivity index (χ0) is 15.8. The van der Waals surface area contributed by atoms with Gasteiger partial charge in [-0.1, -0.05) is 6.07 Å². The van der Waals surface area contributed by atoms with Gasteiger partial charge in [-0.3, -0.25) is 4.79 Å². The Morgan fingerprint density at radius 2 is 2.05 bits per heavy atom. The van der Waals surface area contributed by atoms with Gasteiger partial charge in [0.15, 0.2) is 0 Å². The standard InChI is InChI=1S/C13H16N2O5S/c1-13(2)12(18)14-6-7-15(13)21(19,20)10-5-3-4-9(8-10)11(16)17/h3-5,8H,6-7H2,1-2H3,(H,14,18)(H,16,17). The third-order valence-corrected chi connectivity index (χ3v) is 5.52. The second-order valence-electron chi connectivity index (χ2n) is 5.23. The fourth-order valence-corrected chi connectivity index (χ4v) is 4.01. The molecule has 2 rings (SSSR count). The number of carboxylic acid groups (broad SMARTS) is 1. The quantitative estimate of drug-likeness (QED) is 0.834. The summed E-state index contributed by atoms with van der Waals surface area (Å²) in [6.45, 7) is 3.39. The minimum atomic E-state index is -3.95. The van der Waals surface area contributed by atoms with Gasteiger partial charge in [0, 0.05) is 13.1 Å². The van der Waals surface area contributed by atoms with Crippen molar-refractivity contribution >= 4 is 21.9 Å². The summed E-state index contributed by atoms with van der Waals surface area (Å²) in [6, 6.07) is 5.10. The molecule has 0 bridgehead atoms. The van der Waals surface area contributed by atoms with Gasteiger partial charge in [-0.05, 0) is 32.0 Å². The number of nitrogens with one attached hydrogen (secondary N) is 1. The fraction of sp³-hybridized carbons (Fsp3) is 0.385. The molecule has 1 saturated heterocycles. The Bertz CT molecular complexity index is 696. The maximum atomic E-state index is 12.7. The Morgan fingerprint density at radius 1 is 1.38 bits per heavy atom. The zero-order valence-corrected chi connectivity index (χ0v) is 12.5. The predicted molar refractivity (Wildman–Crippen MR) is 74.4 cm³/mol. The van der Waals surface area contributed by atoms with Crippen LogP contribution in [0, 0.1) is 0 Å². The minimum absolute atomic E-state index is 0.115. The molecule has 8 heteroatoms. The minimum Gasteiger partial charge on any atom is -0.478 e. The molecule has 1 aliphatic heterocycles. The number of hydrogen-bond acceptors (Lipinski definition) is 4. The molecule has 1 amide bonds. The average molecular weight is 312 g/mol. The number of rotatable bonds is 3. The molecule has 0 aliphatic carbocycles. The second kappa shape index (κ2) is 5.12. The van der Waals surface area contributed by atoms with Crippen LogP contribution in [0.1, 0.15) is 24.2 Å². The van der Waals surface area contributed by atoms with Crippen molar-refractivity contribution in [1.82, 2.24) is 9.62 Å². The highest BCUT2D eigenvalue weighted by molar-refractivity contribution is 7.89. The van der Waals surface area contributed by atoms with Crippen molar-refractivity contribution < 1.29 is 23.1 Å². The molecule has 1 aliphatic rings. The number of carbonyl (C=O) groups excluding carboxylic acids is 1. The Labute approximate surface area is 122 Å². The van der Waals surface area contributed by atoms with Crippen LogP contribution in [-0.2, 0) is 14.8 Å². The first-order valence-corrected chi connectivity index (χ1v) is 7.76. The molecule has 0 unspecified atom stereocenters. The van der Waals surface area contributed by atoms with Crippen LogP contribution in [0.25, 0.3) is 0 Å². The lowest BCUT2D eigenvalue weighted by Gasteiger charge is -2.39. The van der Waals surface area contributed by atoms with Gasteiger partial charge in [-0.15, -0.1) is 0 Å². The number of aromatic carboxylic acids is 1. The van der Waals surface area contributed by atoms with E-state index in [1.54, 1.807) is 0 Å². The normalized spacial score (nSPS) is 19.0. The third kappa shape index (κ3) is 2.64. The Kier molecular flexibility index (Phi) is 3.77. The number of nitrogens with zero attached hydrogens (tertiary/aromatic N) is 1. The van der Waals surface area contributed by atoms with Crippen molar-refractivity contribution in [2.24, 2.45) is 0 Å². The highest BCUT2D eigenvalue weighted by atomic mass is 32.2. The summed E-state index contributed by atoms with van der Waals surface area (Å²) in [6.07, 6.45) is 0. The first kappa shape index (κ1) is 15.5. The molecule has 21 heavy (non-hydrogen) atoms. The van der Waals surface area contributed by atoms with Crippen LogP contribution in [0.5, 0.6) is 0 Å². The van der Waals surface area contributed by atoms with Crippen LogP contribution in [0.3, 0.4) is 0 Å². The molecule has 1 aromatic rings. The maximum Gasteiger partial charge on any atom is 0.335 e. The smallest absolute Gasteiger partial charge is 0.335 e. The summed E-state index contributed by atoms with van der Waals surface area (Å²) in [7, 11) is -3.95. The molecule has 0 radical (unpaired) electrons. The number of sulfonamides is 1. The second-order valence-corrected chi connectivity index (χ2v) is 7.09. The van der Waals surface area contributed by atoms with Crippen LogP contribution < -0.4 is 5.32 Å². The SMILES string of the molecule is CC1(C)C(=O)NCCN1S(=O)(=O)c1cccc(C(=O)O)c1. The Balaban J connectivity index is 2.49. The number of carbonyl (C=O) groups is 2. The highest BCUT2D eigenvalue weighted by Crippen LogP contribution is 2.27. The molecule has 0 atom stereocenters. The lowest BCUT2D eigenvalue weighted by Crippen LogP contribution is -2.63. The monoisotopic (exact) mass is 312 g/mol. The van der Waals surface area contributed by atoms with Crippen molar-refractivity contribution in [3.63, 3.8) is 0 Å². The summed E-state index contributed by atoms with van der Waals surface area (Å²) in [5.74, 6) is -1.59. The van der Waals surface area contributed by atoms with E-state index >= 15 is 0 Å². The van der Waals surface area contributed by atoms with E-state index in [-0.39, 0.29) is 29.5 Å². The van der Waals surface area contributed by atoms with E-state index in [9.17, 15) is 18.0 Å². The van der Waals surface area contributed by atoms with E-state index in [2.05, 4.69) is 5.32 Å². The van der Waals surface area contributed by atoms with Gasteiger partial charge < -0.3 is 10.4 Å². The lowest BCUT2D eigenvalue weighted by atomic mass is 10.0. The first-order chi connectivity index (χ1) is 9.67. The number of amides is 1. The van der Waals surface area contributed by atoms with E-state index in [4.69, 9.17) is 5.11 Å². The average Bonchev–Trinajstić information content (AvgIpc) is 2.41. The van der Waals surface area contributed by atoms with Gasteiger partial charge in [-0.2, -0.15) is 4.31 Å². The zero-order valence-electron chi connectivity index (χ0n) is 11.7. The van der Waals surface area contributed by atoms with Crippen molar-refractivity contribution in [2.45, 2.75) is 24.3 Å². The van der Waals surface area contributed by atoms with Crippen molar-refractivity contribution in [1.29, 1.82) is 0 Å². The Hall–Kier alpha value is -1.93. The van der Waals surface area contributed by atoms with Crippen LogP contribution in [-0.4, -0.2) is 48.3 Å². The van der Waals surface area contributed by atoms with Gasteiger partial charge in [-0.25, -0.2) is 13.2 Å². The fourth-order valence-electron chi connectivity index (χ4n) is 2.22. The molecule has 2 N–H and O–H groups in total. The topological polar surface area (TPSA) is 104 Å². The molecular formula is C13H16N2O5S. The number of carboxylic acids is 1. The summed E-state index contributed by atoms with van der Waals surface area (Å²) in [5, 5.41) is 11.6. The van der Waals surface area contributed by atoms with Gasteiger partial charge >= 0.3 is 5.97 Å². The summed E-state index contributed by atoms with van der Waals surface area (Å²) in [4.78, 5) is 22.7. The van der Waals surface area contributed by atoms with Crippen molar-refractivity contribution in [2.75, 3.05) is 13.1 Å². The van der Waals surface area contributed by atoms with E-state index in [1.165, 1.54) is 32.0 Å². The largest absolute Gasteiger partial charge is 0.478 e. The highest BCUT2D eigenvalue weighted by Gasteiger charge is 2.44. The molecule has 7 nitrogen and oxygen atoms in total. The molecule has 0 spiro atoms. The van der Waals surface area contributed by atoms with Gasteiger partial charge in [0.25, 0.3) is 0 Å². The van der Waals surface area contributed by atoms with Crippen LogP contribution in [0.4, 0.5) is 0 Å². The van der Waals surface area contributed by atoms with Crippen LogP contribution >= 0.6 is 0 Å². The van der Waals surface area contributed by atoms with Gasteiger partial charge in [0.05, 0.1) is 10.5 Å². The molecule has 1 aromatic carbocycles. The van der Waals surface area contributed by atoms with E-state index in [1.807, 2.05) is 0 Å². The third-order valence-electron chi connectivity index (χ3n) is 3.45. The van der Waals surface area contributed by atoms with E-state index in [0.717, 1.165) is 10.4 Å². The van der Waals surface area contributed by atoms with Gasteiger partial charge in [0.2, 0.25) is 15.9 Å². The number of piperazine rings is 1. The van der Waals surface area contributed by atoms with E-state index < -0.39 is 21.5 Å². The molecule has 0 aromatic heterocycles. The van der Waals surface area contributed by atoms with Crippen LogP contribution in [0.2, 0.25) is 0 Å². The van der Waals surface area contributed by atoms with Crippen LogP contribution in [0.15, 0.2) is 29.2 Å². The lowest BCUT2D eigenvalue weighted by molar-refractivity contribution is -0.131. The maximum absolute atomic E-state index is 12.7. The molecule has 1 fully saturated rings. The number of hydrogen-bond donors (Lipinski definition) is 2. The molecule has 1 heterocycles. The summed E-state index contributed by atoms with van der Waals surface area (Å²) in [5.41, 5.74) is -1.34. The molecule has 0 saturated carbocycles. The van der Waals surface area contributed by atoms with Gasteiger partial charge in [0.1, 0.15) is 5.54 Å². The van der Waals surface area contributed by atoms with Crippen molar-refractivity contribution in [3.05, 3.63) is 29.8 Å². The molecule has 114 valence electrons. The summed E-state index contributed by atoms with van der Waals surface area (Å²) < 4.78 is 26.4. The van der Waals surface area contributed by atoms with Crippen molar-refractivity contribution in [3.8, 4) is 0 Å². The first-order valence-electron chi connectivity index (χ1n) is 6.32. The summed E-state index contributed by atoms with van der Waals surface area (Å²) >= 11 is 0. The Morgan fingerprint density at radius 3 is 2.67 bits per heavy atom. The number of benzene rings is 1. The predicted octanol–water partition coefficient (Wildman–Crippen LogP) is 0.284. The van der Waals surface area contributed by atoms with E-state index in [0.29, 0.717) is 0 Å². The molecular weight excluding hydrogens is 296 g/mol.